The first-order chi connectivity index (χ1) is 18.9. The van der Waals surface area contributed by atoms with Gasteiger partial charge >= 0.3 is 219 Å². The molecule has 10 fully saturated rings. The van der Waals surface area contributed by atoms with Crippen molar-refractivity contribution in [1.82, 2.24) is 0 Å². The van der Waals surface area contributed by atoms with Crippen molar-refractivity contribution in [3.63, 3.8) is 0 Å². The number of hydrogen-bond acceptors (Lipinski definition) is 2. The van der Waals surface area contributed by atoms with Crippen molar-refractivity contribution in [1.29, 1.82) is 0 Å². The van der Waals surface area contributed by atoms with E-state index in [2.05, 4.69) is 121 Å². The zero-order valence-electron chi connectivity index (χ0n) is 21.2. The Kier molecular flexibility index (Phi) is 1.41. The summed E-state index contributed by atoms with van der Waals surface area (Å²) in [6, 6.07) is 42.4. The van der Waals surface area contributed by atoms with E-state index in [1.165, 1.54) is 0 Å². The van der Waals surface area contributed by atoms with Crippen LogP contribution >= 0.6 is 14.3 Å². The molecule has 4 aromatic carbocycles. The summed E-state index contributed by atoms with van der Waals surface area (Å²) in [6.45, 7) is -4.59. The Bertz CT molecular complexity index is 2130. The Hall–Kier alpha value is -2.14. The molecule has 39 heavy (non-hydrogen) atoms. The van der Waals surface area contributed by atoms with Gasteiger partial charge in [-0.05, 0) is 0 Å². The molecule has 0 aromatic heterocycles. The SMILES string of the molecule is O=P(c1ccccc1)(c1ccccc1)[C]12[CH]3[CH]4[CH]5[C]1(P(=O)(c1ccccc1)c1ccccc1)[Fe]43521678[CH]2[CH]1[CH]6[CH]7[CH]28. The summed E-state index contributed by atoms with van der Waals surface area (Å²) in [5.74, 6) is 0. The normalized spacial score (nSPS) is 61.0. The Morgan fingerprint density at radius 1 is 0.410 bits per heavy atom. The number of benzene rings is 4. The van der Waals surface area contributed by atoms with Gasteiger partial charge in [-0.1, -0.05) is 0 Å². The third-order valence-corrected chi connectivity index (χ3v) is 78.9. The van der Waals surface area contributed by atoms with Gasteiger partial charge in [-0.25, -0.2) is 0 Å². The van der Waals surface area contributed by atoms with E-state index < -0.39 is 20.8 Å². The molecule has 1 spiro atoms. The molecule has 2 nitrogen and oxygen atoms in total. The van der Waals surface area contributed by atoms with Crippen molar-refractivity contribution in [3.05, 3.63) is 121 Å². The molecule has 0 amide bonds. The molecule has 4 atom stereocenters. The zero-order chi connectivity index (χ0) is 25.4. The van der Waals surface area contributed by atoms with Gasteiger partial charge in [-0.3, -0.25) is 0 Å². The van der Waals surface area contributed by atoms with Gasteiger partial charge in [0.05, 0.1) is 0 Å². The van der Waals surface area contributed by atoms with Crippen LogP contribution in [0, 0.1) is 0 Å². The molecule has 10 heterocycles. The number of fused-ring (bicyclic) bond motifs is 10. The second-order valence-corrected chi connectivity index (χ2v) is 46.2. The third-order valence-electron chi connectivity index (χ3n) is 20.1. The molecule has 10 aliphatic heterocycles. The molecule has 0 aliphatic carbocycles. The summed E-state index contributed by atoms with van der Waals surface area (Å²) in [5, 5.41) is 4.21. The monoisotopic (exact) mass is 586 g/mol. The van der Waals surface area contributed by atoms with Gasteiger partial charge in [0.1, 0.15) is 0 Å². The van der Waals surface area contributed by atoms with Gasteiger partial charge in [0, 0.05) is 0 Å². The van der Waals surface area contributed by atoms with E-state index in [9.17, 15) is 0 Å². The number of rotatable bonds is 6. The molecule has 10 saturated heterocycles. The van der Waals surface area contributed by atoms with Gasteiger partial charge in [0.15, 0.2) is 0 Å². The minimum absolute atomic E-state index is 0.164. The van der Waals surface area contributed by atoms with E-state index in [-0.39, 0.29) is 8.11 Å². The van der Waals surface area contributed by atoms with Crippen molar-refractivity contribution in [2.45, 2.75) is 46.6 Å². The predicted molar refractivity (Wildman–Crippen MR) is 155 cm³/mol. The average Bonchev–Trinajstić information content (AvgIpc) is 3.96. The minimum atomic E-state index is -4.59. The van der Waals surface area contributed by atoms with E-state index in [0.717, 1.165) is 50.1 Å². The van der Waals surface area contributed by atoms with Crippen molar-refractivity contribution >= 4 is 35.5 Å². The Balaban J connectivity index is 1.22. The van der Waals surface area contributed by atoms with Gasteiger partial charge in [-0.15, -0.1) is 0 Å². The molecule has 0 saturated carbocycles. The molecular formula is C34H28FeO2P2. The van der Waals surface area contributed by atoms with Crippen LogP contribution in [0.1, 0.15) is 0 Å². The van der Waals surface area contributed by atoms with Crippen molar-refractivity contribution < 1.29 is 15.6 Å². The topological polar surface area (TPSA) is 34.1 Å². The van der Waals surface area contributed by atoms with E-state index in [0.29, 0.717) is 9.63 Å². The maximum atomic E-state index is 16.8. The van der Waals surface area contributed by atoms with Crippen LogP contribution < -0.4 is 21.2 Å². The Morgan fingerprint density at radius 3 is 0.872 bits per heavy atom. The van der Waals surface area contributed by atoms with Gasteiger partial charge < -0.3 is 0 Å². The first-order valence-electron chi connectivity index (χ1n) is 14.5. The maximum absolute atomic E-state index is 16.8. The van der Waals surface area contributed by atoms with Crippen LogP contribution in [0.25, 0.3) is 0 Å². The predicted octanol–water partition coefficient (Wildman–Crippen LogP) is 7.22. The fourth-order valence-electron chi connectivity index (χ4n) is 21.7. The van der Waals surface area contributed by atoms with Gasteiger partial charge in [0.2, 0.25) is 0 Å². The van der Waals surface area contributed by atoms with Crippen molar-refractivity contribution in [3.8, 4) is 0 Å². The fraction of sp³-hybridized carbons (Fsp3) is 0.294. The van der Waals surface area contributed by atoms with E-state index >= 15 is 9.13 Å². The van der Waals surface area contributed by atoms with E-state index in [1.807, 2.05) is 0 Å². The average molecular weight is 586 g/mol. The van der Waals surface area contributed by atoms with E-state index in [1.54, 1.807) is 0 Å². The molecular weight excluding hydrogens is 558 g/mol. The van der Waals surface area contributed by atoms with Crippen LogP contribution in [0.15, 0.2) is 121 Å². The summed E-state index contributed by atoms with van der Waals surface area (Å²) >= 11 is 0. The Morgan fingerprint density at radius 2 is 0.667 bits per heavy atom. The molecule has 10 aliphatic rings. The second-order valence-electron chi connectivity index (χ2n) is 16.2. The third kappa shape index (κ3) is 0.460. The zero-order valence-corrected chi connectivity index (χ0v) is 24.1. The standard InChI is InChI=1S/C29H23O2P2.C5H5.Fe/c30-32(24-14-5-1-6-15-24,25-16-7-2-8-17-25)28-22-13-23-29(28)33(31,26-18-9-3-10-19-26)27-20-11-4-12-21-27;1-2-4-5-3-1;/h1-23H;1-5H;. The summed E-state index contributed by atoms with van der Waals surface area (Å²) in [7, 11) is -6.15. The van der Waals surface area contributed by atoms with Crippen LogP contribution in [-0.4, -0.2) is 8.11 Å². The van der Waals surface area contributed by atoms with Crippen LogP contribution in [-0.2, 0) is 15.6 Å². The van der Waals surface area contributed by atoms with Crippen LogP contribution in [0.3, 0.4) is 0 Å². The van der Waals surface area contributed by atoms with E-state index in [4.69, 9.17) is 0 Å². The first-order valence-corrected chi connectivity index (χ1v) is 24.1. The molecule has 4 unspecified atom stereocenters. The summed E-state index contributed by atoms with van der Waals surface area (Å²) in [6.07, 6.45) is 0. The molecule has 194 valence electrons. The van der Waals surface area contributed by atoms with Crippen LogP contribution in [0.2, 0.25) is 38.5 Å². The number of hydrogen-bond donors (Lipinski definition) is 0. The first kappa shape index (κ1) is 19.1. The summed E-state index contributed by atoms with van der Waals surface area (Å²) in [5.41, 5.74) is 0. The van der Waals surface area contributed by atoms with Crippen molar-refractivity contribution in [2.24, 2.45) is 0 Å². The molecule has 0 bridgehead atoms. The Labute approximate surface area is 218 Å². The summed E-state index contributed by atoms with van der Waals surface area (Å²) in [4.78, 5) is 6.64. The molecule has 14 rings (SSSR count). The molecule has 0 radical (unpaired) electrons. The van der Waals surface area contributed by atoms with Crippen molar-refractivity contribution in [2.75, 3.05) is 0 Å². The van der Waals surface area contributed by atoms with Gasteiger partial charge in [-0.2, -0.15) is 0 Å². The summed E-state index contributed by atoms with van der Waals surface area (Å²) < 4.78 is 33.3. The molecule has 5 heteroatoms. The van der Waals surface area contributed by atoms with Crippen LogP contribution in [0.4, 0.5) is 0 Å². The molecule has 0 N–H and O–H groups in total. The second kappa shape index (κ2) is 2.89. The molecule has 4 aromatic rings. The van der Waals surface area contributed by atoms with Crippen LogP contribution in [0.5, 0.6) is 0 Å². The quantitative estimate of drug-likeness (QED) is 0.177. The fourth-order valence-corrected chi connectivity index (χ4v) is 132. The van der Waals surface area contributed by atoms with Gasteiger partial charge in [0.25, 0.3) is 0 Å².